The SMILES string of the molecule is COc1ccc(-c2cncc(C#N)c2Nc2cccc3[nH]c(C)cc23)cc1OC. The molecule has 6 heteroatoms. The Kier molecular flexibility index (Phi) is 4.80. The van der Waals surface area contributed by atoms with Crippen molar-refractivity contribution in [2.75, 3.05) is 19.5 Å². The maximum Gasteiger partial charge on any atom is 0.161 e. The smallest absolute Gasteiger partial charge is 0.161 e. The highest BCUT2D eigenvalue weighted by atomic mass is 16.5. The first-order valence-electron chi connectivity index (χ1n) is 9.10. The second-order valence-corrected chi connectivity index (χ2v) is 6.64. The molecule has 0 saturated carbocycles. The molecule has 2 N–H and O–H groups in total. The topological polar surface area (TPSA) is 83.0 Å². The average Bonchev–Trinajstić information content (AvgIpc) is 3.14. The number of aryl methyl sites for hydroxylation is 1. The zero-order valence-corrected chi connectivity index (χ0v) is 16.4. The number of methoxy groups -OCH3 is 2. The molecule has 0 spiro atoms. The minimum atomic E-state index is 0.460. The third-order valence-corrected chi connectivity index (χ3v) is 4.82. The van der Waals surface area contributed by atoms with Crippen LogP contribution >= 0.6 is 0 Å². The Morgan fingerprint density at radius 1 is 1.03 bits per heavy atom. The van der Waals surface area contributed by atoms with Gasteiger partial charge in [-0.05, 0) is 42.8 Å². The molecule has 0 bridgehead atoms. The van der Waals surface area contributed by atoms with Crippen LogP contribution in [-0.2, 0) is 0 Å². The van der Waals surface area contributed by atoms with Gasteiger partial charge < -0.3 is 19.8 Å². The minimum absolute atomic E-state index is 0.460. The maximum absolute atomic E-state index is 9.69. The number of aromatic amines is 1. The van der Waals surface area contributed by atoms with Crippen LogP contribution in [0.25, 0.3) is 22.0 Å². The predicted molar refractivity (Wildman–Crippen MR) is 114 cm³/mol. The molecule has 0 amide bonds. The summed E-state index contributed by atoms with van der Waals surface area (Å²) >= 11 is 0. The summed E-state index contributed by atoms with van der Waals surface area (Å²) in [4.78, 5) is 7.60. The normalized spacial score (nSPS) is 10.6. The molecule has 2 heterocycles. The van der Waals surface area contributed by atoms with Gasteiger partial charge in [0.1, 0.15) is 6.07 Å². The Morgan fingerprint density at radius 3 is 2.62 bits per heavy atom. The van der Waals surface area contributed by atoms with E-state index in [1.807, 2.05) is 43.3 Å². The number of ether oxygens (including phenoxy) is 2. The molecule has 0 unspecified atom stereocenters. The third kappa shape index (κ3) is 3.34. The van der Waals surface area contributed by atoms with Gasteiger partial charge in [-0.25, -0.2) is 0 Å². The number of benzene rings is 2. The quantitative estimate of drug-likeness (QED) is 0.496. The first-order chi connectivity index (χ1) is 14.1. The average molecular weight is 384 g/mol. The van der Waals surface area contributed by atoms with Crippen LogP contribution < -0.4 is 14.8 Å². The summed E-state index contributed by atoms with van der Waals surface area (Å²) in [6.45, 7) is 2.02. The van der Waals surface area contributed by atoms with Gasteiger partial charge in [-0.2, -0.15) is 5.26 Å². The molecule has 4 rings (SSSR count). The van der Waals surface area contributed by atoms with Crippen molar-refractivity contribution in [2.45, 2.75) is 6.92 Å². The van der Waals surface area contributed by atoms with Gasteiger partial charge in [0, 0.05) is 40.2 Å². The van der Waals surface area contributed by atoms with E-state index in [2.05, 4.69) is 27.4 Å². The van der Waals surface area contributed by atoms with Gasteiger partial charge in [-0.15, -0.1) is 0 Å². The Hall–Kier alpha value is -3.98. The van der Waals surface area contributed by atoms with E-state index in [1.54, 1.807) is 26.6 Å². The first kappa shape index (κ1) is 18.4. The molecule has 0 aliphatic rings. The first-order valence-corrected chi connectivity index (χ1v) is 9.10. The molecular formula is C23H20N4O2. The maximum atomic E-state index is 9.69. The van der Waals surface area contributed by atoms with E-state index in [4.69, 9.17) is 9.47 Å². The third-order valence-electron chi connectivity index (χ3n) is 4.82. The number of pyridine rings is 1. The Bertz CT molecular complexity index is 1240. The Morgan fingerprint density at radius 2 is 1.86 bits per heavy atom. The highest BCUT2D eigenvalue weighted by Gasteiger charge is 2.15. The number of H-pyrrole nitrogens is 1. The van der Waals surface area contributed by atoms with Gasteiger partial charge in [0.05, 0.1) is 25.5 Å². The minimum Gasteiger partial charge on any atom is -0.493 e. The zero-order valence-electron chi connectivity index (χ0n) is 16.4. The van der Waals surface area contributed by atoms with E-state index < -0.39 is 0 Å². The fourth-order valence-corrected chi connectivity index (χ4v) is 3.44. The van der Waals surface area contributed by atoms with Crippen molar-refractivity contribution in [1.29, 1.82) is 5.26 Å². The zero-order chi connectivity index (χ0) is 20.4. The van der Waals surface area contributed by atoms with Crippen LogP contribution in [0, 0.1) is 18.3 Å². The van der Waals surface area contributed by atoms with Gasteiger partial charge in [0.25, 0.3) is 0 Å². The molecule has 4 aromatic rings. The fourth-order valence-electron chi connectivity index (χ4n) is 3.44. The summed E-state index contributed by atoms with van der Waals surface area (Å²) in [7, 11) is 3.20. The van der Waals surface area contributed by atoms with E-state index in [0.717, 1.165) is 33.4 Å². The van der Waals surface area contributed by atoms with Crippen LogP contribution in [0.1, 0.15) is 11.3 Å². The summed E-state index contributed by atoms with van der Waals surface area (Å²) in [6, 6.07) is 16.0. The summed E-state index contributed by atoms with van der Waals surface area (Å²) in [6.07, 6.45) is 3.31. The van der Waals surface area contributed by atoms with Crippen LogP contribution in [0.2, 0.25) is 0 Å². The monoisotopic (exact) mass is 384 g/mol. The number of nitrogens with zero attached hydrogens (tertiary/aromatic N) is 2. The largest absolute Gasteiger partial charge is 0.493 e. The van der Waals surface area contributed by atoms with Crippen LogP contribution in [0.5, 0.6) is 11.5 Å². The van der Waals surface area contributed by atoms with Gasteiger partial charge in [-0.1, -0.05) is 12.1 Å². The molecule has 0 fully saturated rings. The highest BCUT2D eigenvalue weighted by molar-refractivity contribution is 5.96. The van der Waals surface area contributed by atoms with Crippen molar-refractivity contribution < 1.29 is 9.47 Å². The molecule has 0 aliphatic carbocycles. The predicted octanol–water partition coefficient (Wildman–Crippen LogP) is 5.17. The molecular weight excluding hydrogens is 364 g/mol. The van der Waals surface area contributed by atoms with Gasteiger partial charge in [0.15, 0.2) is 11.5 Å². The number of nitrogens with one attached hydrogen (secondary N) is 2. The number of aromatic nitrogens is 2. The molecule has 2 aromatic carbocycles. The second-order valence-electron chi connectivity index (χ2n) is 6.64. The Balaban J connectivity index is 1.87. The lowest BCUT2D eigenvalue weighted by Crippen LogP contribution is -1.99. The summed E-state index contributed by atoms with van der Waals surface area (Å²) in [5.41, 5.74) is 5.85. The summed E-state index contributed by atoms with van der Waals surface area (Å²) in [5.74, 6) is 1.25. The molecule has 2 aromatic heterocycles. The molecule has 144 valence electrons. The number of rotatable bonds is 5. The van der Waals surface area contributed by atoms with Gasteiger partial charge >= 0.3 is 0 Å². The Labute approximate surface area is 168 Å². The lowest BCUT2D eigenvalue weighted by Gasteiger charge is -2.16. The second kappa shape index (κ2) is 7.56. The fraction of sp³-hybridized carbons (Fsp3) is 0.130. The number of nitriles is 1. The van der Waals surface area contributed by atoms with Crippen molar-refractivity contribution in [1.82, 2.24) is 9.97 Å². The number of hydrogen-bond donors (Lipinski definition) is 2. The molecule has 0 atom stereocenters. The van der Waals surface area contributed by atoms with E-state index in [9.17, 15) is 5.26 Å². The molecule has 6 nitrogen and oxygen atoms in total. The van der Waals surface area contributed by atoms with Crippen LogP contribution in [0.3, 0.4) is 0 Å². The van der Waals surface area contributed by atoms with Crippen molar-refractivity contribution in [3.8, 4) is 28.7 Å². The van der Waals surface area contributed by atoms with Crippen LogP contribution in [-0.4, -0.2) is 24.2 Å². The standard InChI is InChI=1S/C23H20N4O2/c1-14-9-17-19(26-14)5-4-6-20(17)27-23-16(11-24)12-25-13-18(23)15-7-8-21(28-2)22(10-15)29-3/h4-10,12-13,26H,1-3H3,(H,25,27). The summed E-state index contributed by atoms with van der Waals surface area (Å²) in [5, 5.41) is 14.2. The lowest BCUT2D eigenvalue weighted by atomic mass is 10.0. The van der Waals surface area contributed by atoms with Crippen molar-refractivity contribution in [3.05, 3.63) is 66.1 Å². The van der Waals surface area contributed by atoms with Gasteiger partial charge in [-0.3, -0.25) is 4.98 Å². The molecule has 0 saturated heterocycles. The van der Waals surface area contributed by atoms with Crippen LogP contribution in [0.4, 0.5) is 11.4 Å². The number of hydrogen-bond acceptors (Lipinski definition) is 5. The van der Waals surface area contributed by atoms with E-state index >= 15 is 0 Å². The van der Waals surface area contributed by atoms with E-state index in [0.29, 0.717) is 22.7 Å². The van der Waals surface area contributed by atoms with Crippen molar-refractivity contribution in [3.63, 3.8) is 0 Å². The lowest BCUT2D eigenvalue weighted by molar-refractivity contribution is 0.355. The summed E-state index contributed by atoms with van der Waals surface area (Å²) < 4.78 is 10.8. The highest BCUT2D eigenvalue weighted by Crippen LogP contribution is 2.38. The number of fused-ring (bicyclic) bond motifs is 1. The van der Waals surface area contributed by atoms with E-state index in [1.165, 1.54) is 0 Å². The molecule has 0 radical (unpaired) electrons. The van der Waals surface area contributed by atoms with Crippen LogP contribution in [0.15, 0.2) is 54.9 Å². The van der Waals surface area contributed by atoms with Crippen molar-refractivity contribution >= 4 is 22.3 Å². The van der Waals surface area contributed by atoms with Crippen molar-refractivity contribution in [2.24, 2.45) is 0 Å². The molecule has 0 aliphatic heterocycles. The number of anilines is 2. The molecule has 29 heavy (non-hydrogen) atoms. The van der Waals surface area contributed by atoms with Gasteiger partial charge in [0.2, 0.25) is 0 Å². The van der Waals surface area contributed by atoms with E-state index in [-0.39, 0.29) is 0 Å².